The molecule has 8 nitrogen and oxygen atoms in total. The van der Waals surface area contributed by atoms with Gasteiger partial charge < -0.3 is 19.9 Å². The van der Waals surface area contributed by atoms with E-state index >= 15 is 0 Å². The maximum Gasteiger partial charge on any atom is 0.322 e. The Morgan fingerprint density at radius 3 is 2.42 bits per heavy atom. The quantitative estimate of drug-likeness (QED) is 0.688. The number of para-hydroxylation sites is 3. The van der Waals surface area contributed by atoms with Gasteiger partial charge in [-0.15, -0.1) is 5.10 Å². The molecule has 1 aliphatic rings. The molecule has 1 fully saturated rings. The molecule has 2 heterocycles. The summed E-state index contributed by atoms with van der Waals surface area (Å²) in [6, 6.07) is 19.8. The van der Waals surface area contributed by atoms with Gasteiger partial charge in [-0.1, -0.05) is 30.3 Å². The molecule has 31 heavy (non-hydrogen) atoms. The van der Waals surface area contributed by atoms with Gasteiger partial charge in [0, 0.05) is 32.2 Å². The highest BCUT2D eigenvalue weighted by Gasteiger charge is 2.23. The summed E-state index contributed by atoms with van der Waals surface area (Å²) in [4.78, 5) is 28.8. The number of urea groups is 1. The van der Waals surface area contributed by atoms with Crippen molar-refractivity contribution in [1.82, 2.24) is 14.7 Å². The van der Waals surface area contributed by atoms with Crippen molar-refractivity contribution in [2.75, 3.05) is 43.0 Å². The first-order valence-corrected chi connectivity index (χ1v) is 10.3. The van der Waals surface area contributed by atoms with E-state index in [1.54, 1.807) is 11.0 Å². The van der Waals surface area contributed by atoms with Crippen molar-refractivity contribution in [2.24, 2.45) is 0 Å². The van der Waals surface area contributed by atoms with Crippen LogP contribution in [-0.4, -0.2) is 53.5 Å². The minimum absolute atomic E-state index is 0.158. The topological polar surface area (TPSA) is 79.7 Å². The van der Waals surface area contributed by atoms with Crippen molar-refractivity contribution >= 4 is 17.5 Å². The largest absolute Gasteiger partial charge is 0.492 e. The summed E-state index contributed by atoms with van der Waals surface area (Å²) in [5.74, 6) is 1.37. The summed E-state index contributed by atoms with van der Waals surface area (Å²) in [7, 11) is 0. The molecule has 1 aliphatic heterocycles. The van der Waals surface area contributed by atoms with Crippen molar-refractivity contribution in [2.45, 2.75) is 6.92 Å². The summed E-state index contributed by atoms with van der Waals surface area (Å²) in [6.07, 6.45) is 0. The minimum atomic E-state index is -0.180. The zero-order chi connectivity index (χ0) is 21.6. The Morgan fingerprint density at radius 2 is 1.68 bits per heavy atom. The van der Waals surface area contributed by atoms with Crippen molar-refractivity contribution in [3.05, 3.63) is 77.1 Å². The Bertz CT molecular complexity index is 1090. The average Bonchev–Trinajstić information content (AvgIpc) is 2.81. The lowest BCUT2D eigenvalue weighted by molar-refractivity contribution is 0.208. The number of anilines is 2. The fourth-order valence-corrected chi connectivity index (χ4v) is 3.51. The number of benzene rings is 2. The zero-order valence-corrected chi connectivity index (χ0v) is 17.4. The van der Waals surface area contributed by atoms with Crippen molar-refractivity contribution in [3.63, 3.8) is 0 Å². The van der Waals surface area contributed by atoms with Crippen LogP contribution in [-0.2, 0) is 0 Å². The van der Waals surface area contributed by atoms with Crippen molar-refractivity contribution in [3.8, 4) is 11.4 Å². The van der Waals surface area contributed by atoms with Gasteiger partial charge in [-0.2, -0.15) is 4.68 Å². The van der Waals surface area contributed by atoms with E-state index in [0.717, 1.165) is 5.69 Å². The van der Waals surface area contributed by atoms with E-state index in [1.807, 2.05) is 61.5 Å². The van der Waals surface area contributed by atoms with Crippen LogP contribution in [0.4, 0.5) is 16.3 Å². The van der Waals surface area contributed by atoms with E-state index in [1.165, 1.54) is 10.7 Å². The molecule has 0 unspecified atom stereocenters. The number of carbonyl (C=O) groups excluding carboxylic acids is 1. The van der Waals surface area contributed by atoms with E-state index < -0.39 is 0 Å². The first kappa shape index (κ1) is 20.5. The summed E-state index contributed by atoms with van der Waals surface area (Å²) in [6.45, 7) is 4.79. The van der Waals surface area contributed by atoms with Crippen molar-refractivity contribution < 1.29 is 9.53 Å². The summed E-state index contributed by atoms with van der Waals surface area (Å²) in [5, 5.41) is 7.47. The molecule has 1 aromatic heterocycles. The zero-order valence-electron chi connectivity index (χ0n) is 17.4. The van der Waals surface area contributed by atoms with Gasteiger partial charge in [-0.05, 0) is 37.3 Å². The molecule has 1 N–H and O–H groups in total. The van der Waals surface area contributed by atoms with E-state index in [9.17, 15) is 9.59 Å². The van der Waals surface area contributed by atoms with Gasteiger partial charge in [0.25, 0.3) is 5.56 Å². The number of rotatable bonds is 5. The SMILES string of the molecule is CCOc1ccccc1NC(=O)N1CCN(c2ccc(=O)n(-c3ccccc3)n2)CC1. The van der Waals surface area contributed by atoms with Crippen LogP contribution in [0.25, 0.3) is 5.69 Å². The Hall–Kier alpha value is -3.81. The fourth-order valence-electron chi connectivity index (χ4n) is 3.51. The first-order valence-electron chi connectivity index (χ1n) is 10.3. The molecule has 0 bridgehead atoms. The van der Waals surface area contributed by atoms with Gasteiger partial charge in [0.05, 0.1) is 18.0 Å². The lowest BCUT2D eigenvalue weighted by Gasteiger charge is -2.35. The highest BCUT2D eigenvalue weighted by molar-refractivity contribution is 5.91. The molecular formula is C23H25N5O3. The highest BCUT2D eigenvalue weighted by atomic mass is 16.5. The lowest BCUT2D eigenvalue weighted by Crippen LogP contribution is -2.50. The number of carbonyl (C=O) groups is 1. The van der Waals surface area contributed by atoms with E-state index in [4.69, 9.17) is 4.74 Å². The Labute approximate surface area is 180 Å². The third-order valence-corrected chi connectivity index (χ3v) is 5.11. The normalized spacial score (nSPS) is 13.7. The van der Waals surface area contributed by atoms with E-state index in [2.05, 4.69) is 15.3 Å². The minimum Gasteiger partial charge on any atom is -0.492 e. The smallest absolute Gasteiger partial charge is 0.322 e. The second kappa shape index (κ2) is 9.34. The van der Waals surface area contributed by atoms with Gasteiger partial charge >= 0.3 is 6.03 Å². The van der Waals surface area contributed by atoms with Gasteiger partial charge in [0.15, 0.2) is 0 Å². The number of hydrogen-bond acceptors (Lipinski definition) is 5. The van der Waals surface area contributed by atoms with Gasteiger partial charge in [0.1, 0.15) is 11.6 Å². The fraction of sp³-hybridized carbons (Fsp3) is 0.261. The molecule has 4 rings (SSSR count). The molecule has 160 valence electrons. The third kappa shape index (κ3) is 4.69. The Balaban J connectivity index is 1.41. The molecule has 0 radical (unpaired) electrons. The number of aromatic nitrogens is 2. The van der Waals surface area contributed by atoms with E-state index in [0.29, 0.717) is 50.0 Å². The highest BCUT2D eigenvalue weighted by Crippen LogP contribution is 2.24. The monoisotopic (exact) mass is 419 g/mol. The Kier molecular flexibility index (Phi) is 6.16. The standard InChI is InChI=1S/C23H25N5O3/c1-2-31-20-11-7-6-10-19(20)24-23(30)27-16-14-26(15-17-27)21-12-13-22(29)28(25-21)18-8-4-3-5-9-18/h3-13H,2,14-17H2,1H3,(H,24,30). The molecule has 1 saturated heterocycles. The predicted octanol–water partition coefficient (Wildman–Crippen LogP) is 2.99. The molecular weight excluding hydrogens is 394 g/mol. The number of ether oxygens (including phenoxy) is 1. The average molecular weight is 419 g/mol. The van der Waals surface area contributed by atoms with Crippen LogP contribution in [0.15, 0.2) is 71.5 Å². The van der Waals surface area contributed by atoms with Crippen LogP contribution < -0.4 is 20.5 Å². The number of nitrogens with zero attached hydrogens (tertiary/aromatic N) is 4. The van der Waals surface area contributed by atoms with E-state index in [-0.39, 0.29) is 11.6 Å². The molecule has 0 atom stereocenters. The number of hydrogen-bond donors (Lipinski definition) is 1. The first-order chi connectivity index (χ1) is 15.2. The van der Waals surface area contributed by atoms with Gasteiger partial charge in [-0.25, -0.2) is 4.79 Å². The number of piperazine rings is 1. The van der Waals surface area contributed by atoms with Crippen LogP contribution in [0.1, 0.15) is 6.92 Å². The molecule has 3 aromatic rings. The molecule has 0 saturated carbocycles. The second-order valence-corrected chi connectivity index (χ2v) is 7.11. The third-order valence-electron chi connectivity index (χ3n) is 5.11. The molecule has 2 amide bonds. The molecule has 2 aromatic carbocycles. The molecule has 0 aliphatic carbocycles. The van der Waals surface area contributed by atoms with Gasteiger partial charge in [-0.3, -0.25) is 4.79 Å². The summed E-state index contributed by atoms with van der Waals surface area (Å²) in [5.41, 5.74) is 1.20. The summed E-state index contributed by atoms with van der Waals surface area (Å²) >= 11 is 0. The number of nitrogens with one attached hydrogen (secondary N) is 1. The van der Waals surface area contributed by atoms with Crippen LogP contribution in [0.2, 0.25) is 0 Å². The van der Waals surface area contributed by atoms with Crippen LogP contribution in [0.5, 0.6) is 5.75 Å². The van der Waals surface area contributed by atoms with Crippen LogP contribution in [0.3, 0.4) is 0 Å². The van der Waals surface area contributed by atoms with Gasteiger partial charge in [0.2, 0.25) is 0 Å². The van der Waals surface area contributed by atoms with Crippen LogP contribution >= 0.6 is 0 Å². The molecule has 0 spiro atoms. The maximum atomic E-state index is 12.7. The Morgan fingerprint density at radius 1 is 0.968 bits per heavy atom. The number of amides is 2. The second-order valence-electron chi connectivity index (χ2n) is 7.11. The lowest BCUT2D eigenvalue weighted by atomic mass is 10.3. The predicted molar refractivity (Wildman–Crippen MR) is 120 cm³/mol. The van der Waals surface area contributed by atoms with Crippen molar-refractivity contribution in [1.29, 1.82) is 0 Å². The summed E-state index contributed by atoms with van der Waals surface area (Å²) < 4.78 is 6.98. The maximum absolute atomic E-state index is 12.7. The van der Waals surface area contributed by atoms with Crippen LogP contribution in [0, 0.1) is 0 Å². The molecule has 8 heteroatoms.